The van der Waals surface area contributed by atoms with Crippen LogP contribution in [-0.4, -0.2) is 29.1 Å². The Balaban J connectivity index is 1.03. The number of hydrogen-bond acceptors (Lipinski definition) is 4. The molecule has 0 aliphatic carbocycles. The monoisotopic (exact) mass is 790 g/mol. The highest BCUT2D eigenvalue weighted by Crippen LogP contribution is 2.43. The van der Waals surface area contributed by atoms with E-state index >= 15 is 0 Å². The maximum Gasteiger partial charge on any atom is 0.235 e. The zero-order valence-corrected chi connectivity index (χ0v) is 33.3. The molecule has 4 aromatic heterocycles. The molecule has 0 fully saturated rings. The van der Waals surface area contributed by atoms with Crippen LogP contribution in [0.1, 0.15) is 0 Å². The molecule has 13 rings (SSSR count). The van der Waals surface area contributed by atoms with Gasteiger partial charge < -0.3 is 4.57 Å². The summed E-state index contributed by atoms with van der Waals surface area (Å²) in [6.07, 6.45) is 0. The van der Waals surface area contributed by atoms with E-state index < -0.39 is 0 Å². The van der Waals surface area contributed by atoms with E-state index in [1.807, 2.05) is 18.2 Å². The molecular formula is C56H34N6. The molecule has 62 heavy (non-hydrogen) atoms. The second-order valence-electron chi connectivity index (χ2n) is 15.8. The zero-order valence-electron chi connectivity index (χ0n) is 33.3. The molecule has 0 unspecified atom stereocenters. The van der Waals surface area contributed by atoms with Gasteiger partial charge in [0.1, 0.15) is 0 Å². The molecule has 0 saturated carbocycles. The van der Waals surface area contributed by atoms with Crippen LogP contribution in [0.5, 0.6) is 0 Å². The molecule has 6 heteroatoms. The Morgan fingerprint density at radius 1 is 0.306 bits per heavy atom. The second-order valence-corrected chi connectivity index (χ2v) is 15.8. The first-order chi connectivity index (χ1) is 30.7. The first-order valence-electron chi connectivity index (χ1n) is 20.9. The van der Waals surface area contributed by atoms with Gasteiger partial charge in [0, 0.05) is 54.7 Å². The third kappa shape index (κ3) is 5.23. The zero-order chi connectivity index (χ0) is 40.7. The Kier molecular flexibility index (Phi) is 7.50. The lowest BCUT2D eigenvalue weighted by Gasteiger charge is -2.13. The molecule has 0 bridgehead atoms. The normalized spacial score (nSPS) is 11.9. The third-order valence-electron chi connectivity index (χ3n) is 12.3. The average molecular weight is 791 g/mol. The van der Waals surface area contributed by atoms with Crippen LogP contribution in [0.15, 0.2) is 206 Å². The van der Waals surface area contributed by atoms with Crippen molar-refractivity contribution in [3.8, 4) is 45.5 Å². The lowest BCUT2D eigenvalue weighted by Crippen LogP contribution is -2.03. The van der Waals surface area contributed by atoms with Crippen molar-refractivity contribution in [3.05, 3.63) is 206 Å². The molecule has 0 radical (unpaired) electrons. The van der Waals surface area contributed by atoms with Crippen molar-refractivity contribution in [2.24, 2.45) is 0 Å². The highest BCUT2D eigenvalue weighted by atomic mass is 15.2. The molecule has 0 amide bonds. The maximum absolute atomic E-state index is 5.34. The third-order valence-corrected chi connectivity index (χ3v) is 12.3. The average Bonchev–Trinajstić information content (AvgIpc) is 3.86. The first-order valence-corrected chi connectivity index (χ1v) is 20.9. The molecule has 0 saturated heterocycles. The van der Waals surface area contributed by atoms with Gasteiger partial charge >= 0.3 is 0 Å². The van der Waals surface area contributed by atoms with Crippen LogP contribution in [0.3, 0.4) is 0 Å². The number of nitrogens with zero attached hydrogens (tertiary/aromatic N) is 6. The Morgan fingerprint density at radius 2 is 0.871 bits per heavy atom. The number of aromatic nitrogens is 6. The Hall–Kier alpha value is -8.48. The summed E-state index contributed by atoms with van der Waals surface area (Å²) in [5.41, 5.74) is 12.1. The highest BCUT2D eigenvalue weighted by Gasteiger charge is 2.23. The lowest BCUT2D eigenvalue weighted by atomic mass is 10.0. The van der Waals surface area contributed by atoms with Crippen LogP contribution in [0.2, 0.25) is 0 Å². The molecule has 0 aliphatic heterocycles. The quantitative estimate of drug-likeness (QED) is 0.174. The van der Waals surface area contributed by atoms with Gasteiger partial charge in [0.2, 0.25) is 5.95 Å². The fraction of sp³-hybridized carbons (Fsp3) is 0. The van der Waals surface area contributed by atoms with Gasteiger partial charge in [-0.2, -0.15) is 0 Å². The van der Waals surface area contributed by atoms with Gasteiger partial charge in [-0.3, -0.25) is 4.57 Å². The van der Waals surface area contributed by atoms with Crippen LogP contribution in [0.4, 0.5) is 0 Å². The van der Waals surface area contributed by atoms with E-state index in [2.05, 4.69) is 197 Å². The standard InChI is InChI=1S/C56H34N6/c1-2-16-36(17-3-1)53-42-22-7-11-26-46(42)58-56(60-53)62-48-28-13-9-24-44(48)52-50(62)32-31-49-51(52)43-23-8-12-27-47(43)61(49)40-20-14-19-39(34-40)55-57-45-25-10-6-21-41(45)54(59-55)38-30-29-35-15-4-5-18-37(35)33-38/h1-34H. The van der Waals surface area contributed by atoms with Crippen LogP contribution in [-0.2, 0) is 0 Å². The van der Waals surface area contributed by atoms with Crippen LogP contribution in [0, 0.1) is 0 Å². The Morgan fingerprint density at radius 3 is 1.61 bits per heavy atom. The van der Waals surface area contributed by atoms with Gasteiger partial charge in [-0.15, -0.1) is 0 Å². The molecule has 0 N–H and O–H groups in total. The van der Waals surface area contributed by atoms with E-state index in [4.69, 9.17) is 19.9 Å². The first kappa shape index (κ1) is 34.4. The van der Waals surface area contributed by atoms with Crippen LogP contribution in [0.25, 0.3) is 122 Å². The molecule has 4 heterocycles. The van der Waals surface area contributed by atoms with Crippen molar-refractivity contribution in [3.63, 3.8) is 0 Å². The van der Waals surface area contributed by atoms with Gasteiger partial charge in [0.05, 0.1) is 44.5 Å². The van der Waals surface area contributed by atoms with Gasteiger partial charge in [-0.05, 0) is 65.4 Å². The predicted octanol–water partition coefficient (Wildman–Crippen LogP) is 13.9. The van der Waals surface area contributed by atoms with Crippen molar-refractivity contribution in [1.29, 1.82) is 0 Å². The van der Waals surface area contributed by atoms with Crippen molar-refractivity contribution in [2.75, 3.05) is 0 Å². The summed E-state index contributed by atoms with van der Waals surface area (Å²) in [6, 6.07) is 72.5. The van der Waals surface area contributed by atoms with Crippen molar-refractivity contribution in [1.82, 2.24) is 29.1 Å². The number of fused-ring (bicyclic) bond motifs is 10. The minimum atomic E-state index is 0.642. The number of para-hydroxylation sites is 4. The lowest BCUT2D eigenvalue weighted by molar-refractivity contribution is 1.01. The molecule has 0 atom stereocenters. The smallest absolute Gasteiger partial charge is 0.235 e. The fourth-order valence-corrected chi connectivity index (χ4v) is 9.54. The largest absolute Gasteiger partial charge is 0.309 e. The fourth-order valence-electron chi connectivity index (χ4n) is 9.54. The minimum Gasteiger partial charge on any atom is -0.309 e. The Labute approximate surface area is 355 Å². The van der Waals surface area contributed by atoms with Gasteiger partial charge in [0.15, 0.2) is 5.82 Å². The molecule has 6 nitrogen and oxygen atoms in total. The van der Waals surface area contributed by atoms with E-state index in [0.717, 1.165) is 83.0 Å². The summed E-state index contributed by atoms with van der Waals surface area (Å²) in [5.74, 6) is 1.33. The number of hydrogen-bond donors (Lipinski definition) is 0. The maximum atomic E-state index is 5.34. The van der Waals surface area contributed by atoms with E-state index in [9.17, 15) is 0 Å². The van der Waals surface area contributed by atoms with Crippen molar-refractivity contribution < 1.29 is 0 Å². The number of rotatable bonds is 5. The SMILES string of the molecule is c1ccc(-c2nc(-n3c4ccccc4c4c5c6ccccc6n(-c6cccc(-c7nc(-c8ccc9ccccc9c8)c8ccccc8n7)c6)c5ccc43)nc3ccccc23)cc1. The summed E-state index contributed by atoms with van der Waals surface area (Å²) in [6.45, 7) is 0. The molecule has 9 aromatic carbocycles. The van der Waals surface area contributed by atoms with Crippen LogP contribution < -0.4 is 0 Å². The van der Waals surface area contributed by atoms with Gasteiger partial charge in [-0.25, -0.2) is 19.9 Å². The van der Waals surface area contributed by atoms with Gasteiger partial charge in [0.25, 0.3) is 0 Å². The predicted molar refractivity (Wildman–Crippen MR) is 255 cm³/mol. The highest BCUT2D eigenvalue weighted by molar-refractivity contribution is 6.29. The van der Waals surface area contributed by atoms with Crippen LogP contribution >= 0.6 is 0 Å². The molecule has 13 aromatic rings. The summed E-state index contributed by atoms with van der Waals surface area (Å²) in [7, 11) is 0. The summed E-state index contributed by atoms with van der Waals surface area (Å²) in [4.78, 5) is 21.0. The second kappa shape index (κ2) is 13.5. The minimum absolute atomic E-state index is 0.642. The van der Waals surface area contributed by atoms with Crippen molar-refractivity contribution >= 4 is 76.2 Å². The topological polar surface area (TPSA) is 61.4 Å². The Bertz CT molecular complexity index is 3940. The van der Waals surface area contributed by atoms with Gasteiger partial charge in [-0.1, -0.05) is 152 Å². The summed E-state index contributed by atoms with van der Waals surface area (Å²) < 4.78 is 4.62. The van der Waals surface area contributed by atoms with E-state index in [1.165, 1.54) is 26.9 Å². The molecule has 0 spiro atoms. The number of benzene rings is 9. The molecule has 288 valence electrons. The summed E-state index contributed by atoms with van der Waals surface area (Å²) >= 11 is 0. The molecular weight excluding hydrogens is 757 g/mol. The molecule has 0 aliphatic rings. The van der Waals surface area contributed by atoms with E-state index in [0.29, 0.717) is 11.8 Å². The van der Waals surface area contributed by atoms with Crippen molar-refractivity contribution in [2.45, 2.75) is 0 Å². The van der Waals surface area contributed by atoms with E-state index in [1.54, 1.807) is 0 Å². The summed E-state index contributed by atoms with van der Waals surface area (Å²) in [5, 5.41) is 9.10. The van der Waals surface area contributed by atoms with E-state index in [-0.39, 0.29) is 0 Å².